The van der Waals surface area contributed by atoms with E-state index in [0.29, 0.717) is 22.1 Å². The molecule has 14 nitrogen and oxygen atoms in total. The topological polar surface area (TPSA) is 177 Å². The van der Waals surface area contributed by atoms with Gasteiger partial charge in [-0.3, -0.25) is 14.2 Å². The Kier molecular flexibility index (Phi) is 8.55. The number of halogens is 2. The first-order valence-electron chi connectivity index (χ1n) is 14.9. The lowest BCUT2D eigenvalue weighted by molar-refractivity contribution is 0.0691. The molecule has 3 N–H and O–H groups in total. The Morgan fingerprint density at radius 3 is 1.52 bits per heavy atom. The smallest absolute Gasteiger partial charge is 0.357 e. The summed E-state index contributed by atoms with van der Waals surface area (Å²) in [6.07, 6.45) is 10.6. The Balaban J connectivity index is 0.000000157. The zero-order valence-electron chi connectivity index (χ0n) is 26.3. The van der Waals surface area contributed by atoms with E-state index < -0.39 is 11.9 Å². The van der Waals surface area contributed by atoms with Crippen molar-refractivity contribution in [2.75, 3.05) is 0 Å². The van der Waals surface area contributed by atoms with Gasteiger partial charge in [0.05, 0.1) is 34.5 Å². The van der Waals surface area contributed by atoms with Gasteiger partial charge in [-0.05, 0) is 48.5 Å². The third-order valence-corrected chi connectivity index (χ3v) is 8.65. The number of benzene rings is 2. The number of carboxylic acids is 1. The zero-order valence-corrected chi connectivity index (χ0v) is 29.5. The van der Waals surface area contributed by atoms with Crippen molar-refractivity contribution in [3.63, 3.8) is 0 Å². The van der Waals surface area contributed by atoms with Crippen molar-refractivity contribution >= 4 is 65.8 Å². The molecule has 50 heavy (non-hydrogen) atoms. The average Bonchev–Trinajstić information content (AvgIpc) is 3.89. The molecule has 0 unspecified atom stereocenters. The highest BCUT2D eigenvalue weighted by atomic mass is 79.9. The molecule has 16 heteroatoms. The van der Waals surface area contributed by atoms with Crippen LogP contribution >= 0.6 is 31.9 Å². The van der Waals surface area contributed by atoms with Crippen LogP contribution in [0.3, 0.4) is 0 Å². The number of carbonyl (C=O) groups is 2. The van der Waals surface area contributed by atoms with E-state index in [2.05, 4.69) is 62.2 Å². The molecule has 1 amide bonds. The quantitative estimate of drug-likeness (QED) is 0.206. The highest BCUT2D eigenvalue weighted by Crippen LogP contribution is 2.29. The predicted molar refractivity (Wildman–Crippen MR) is 193 cm³/mol. The van der Waals surface area contributed by atoms with Crippen LogP contribution in [0.2, 0.25) is 0 Å². The fraction of sp³-hybridized carbons (Fsp3) is 0.0588. The molecule has 2 aromatic carbocycles. The minimum absolute atomic E-state index is 0.0341. The molecule has 6 heterocycles. The van der Waals surface area contributed by atoms with Gasteiger partial charge in [-0.1, -0.05) is 44.0 Å². The maximum Gasteiger partial charge on any atom is 0.357 e. The number of aromatic carboxylic acids is 1. The molecule has 8 aromatic rings. The second-order valence-corrected chi connectivity index (χ2v) is 13.0. The van der Waals surface area contributed by atoms with Crippen molar-refractivity contribution in [3.05, 3.63) is 118 Å². The van der Waals surface area contributed by atoms with E-state index in [9.17, 15) is 14.7 Å². The summed E-state index contributed by atoms with van der Waals surface area (Å²) in [7, 11) is 3.67. The average molecular weight is 795 g/mol. The van der Waals surface area contributed by atoms with Gasteiger partial charge in [0.1, 0.15) is 0 Å². The van der Waals surface area contributed by atoms with Crippen LogP contribution in [0.25, 0.3) is 55.7 Å². The van der Waals surface area contributed by atoms with E-state index in [4.69, 9.17) is 5.73 Å². The third kappa shape index (κ3) is 6.28. The molecule has 0 saturated heterocycles. The molecule has 0 aliphatic carbocycles. The number of pyridine rings is 2. The normalized spacial score (nSPS) is 11.1. The highest BCUT2D eigenvalue weighted by Gasteiger charge is 2.20. The summed E-state index contributed by atoms with van der Waals surface area (Å²) in [6.45, 7) is 0. The molecule has 0 bridgehead atoms. The number of amides is 1. The van der Waals surface area contributed by atoms with Crippen molar-refractivity contribution < 1.29 is 14.7 Å². The SMILES string of the molecule is Cn1cc(-c2cnc3c(c2)c(C(=O)O)nn3-c2cccc(Br)c2)cn1.Cn1cc(-c2cnc3c(c2)c(C(N)=O)nn3-c2cccc(Br)c2)cn1. The van der Waals surface area contributed by atoms with Crippen LogP contribution in [0.15, 0.2) is 107 Å². The fourth-order valence-corrected chi connectivity index (χ4v) is 6.15. The van der Waals surface area contributed by atoms with Crippen LogP contribution in [0, 0.1) is 0 Å². The number of hydrogen-bond donors (Lipinski definition) is 2. The van der Waals surface area contributed by atoms with Crippen molar-refractivity contribution in [1.29, 1.82) is 0 Å². The molecule has 0 aliphatic rings. The molecule has 8 rings (SSSR count). The maximum atomic E-state index is 11.9. The zero-order chi connectivity index (χ0) is 35.1. The molecule has 248 valence electrons. The van der Waals surface area contributed by atoms with Gasteiger partial charge < -0.3 is 10.8 Å². The summed E-state index contributed by atoms with van der Waals surface area (Å²) in [5.41, 5.74) is 11.7. The van der Waals surface area contributed by atoms with E-state index in [1.165, 1.54) is 4.68 Å². The standard InChI is InChI=1S/C17H13BrN6O.C17H12BrN5O2/c1-23-9-11(8-21-23)10-5-14-15(16(19)25)22-24(17(14)20-7-10)13-4-2-3-12(18)6-13;1-22-9-11(8-20-22)10-5-14-15(17(24)25)21-23(16(14)19-7-10)13-4-2-3-12(18)6-13/h2-9H,1H3,(H2,19,25);2-9H,1H3,(H,24,25). The van der Waals surface area contributed by atoms with Crippen molar-refractivity contribution in [3.8, 4) is 33.6 Å². The first-order valence-corrected chi connectivity index (χ1v) is 16.4. The first kappa shape index (κ1) is 32.5. The number of carbonyl (C=O) groups excluding carboxylic acids is 1. The Morgan fingerprint density at radius 1 is 0.660 bits per heavy atom. The van der Waals surface area contributed by atoms with Crippen molar-refractivity contribution in [2.24, 2.45) is 19.8 Å². The Bertz CT molecular complexity index is 2410. The molecule has 0 aliphatic heterocycles. The summed E-state index contributed by atoms with van der Waals surface area (Å²) in [4.78, 5) is 32.5. The van der Waals surface area contributed by atoms with Gasteiger partial charge in [0.25, 0.3) is 5.91 Å². The van der Waals surface area contributed by atoms with Crippen LogP contribution in [0.4, 0.5) is 0 Å². The molecule has 0 saturated carbocycles. The van der Waals surface area contributed by atoms with Gasteiger partial charge in [-0.2, -0.15) is 20.4 Å². The van der Waals surface area contributed by atoms with E-state index in [1.54, 1.807) is 44.9 Å². The largest absolute Gasteiger partial charge is 0.476 e. The predicted octanol–water partition coefficient (Wildman–Crippen LogP) is 5.96. The molecule has 0 spiro atoms. The number of rotatable bonds is 6. The van der Waals surface area contributed by atoms with E-state index >= 15 is 0 Å². The monoisotopic (exact) mass is 793 g/mol. The number of primary amides is 1. The van der Waals surface area contributed by atoms with Crippen LogP contribution < -0.4 is 5.73 Å². The lowest BCUT2D eigenvalue weighted by Gasteiger charge is -2.03. The minimum Gasteiger partial charge on any atom is -0.476 e. The van der Waals surface area contributed by atoms with Crippen LogP contribution in [0.5, 0.6) is 0 Å². The second kappa shape index (κ2) is 13.1. The Morgan fingerprint density at radius 2 is 1.12 bits per heavy atom. The number of fused-ring (bicyclic) bond motifs is 2. The maximum absolute atomic E-state index is 11.9. The number of aryl methyl sites for hydroxylation is 2. The number of nitrogens with zero attached hydrogens (tertiary/aromatic N) is 10. The van der Waals surface area contributed by atoms with Gasteiger partial charge in [0, 0.05) is 70.1 Å². The number of nitrogens with two attached hydrogens (primary N) is 1. The van der Waals surface area contributed by atoms with E-state index in [0.717, 1.165) is 42.6 Å². The summed E-state index contributed by atoms with van der Waals surface area (Å²) >= 11 is 6.86. The lowest BCUT2D eigenvalue weighted by atomic mass is 10.1. The molecular formula is C34H25Br2N11O3. The van der Waals surface area contributed by atoms with Gasteiger partial charge in [-0.25, -0.2) is 24.1 Å². The van der Waals surface area contributed by atoms with Gasteiger partial charge >= 0.3 is 5.97 Å². The van der Waals surface area contributed by atoms with Gasteiger partial charge in [-0.15, -0.1) is 0 Å². The van der Waals surface area contributed by atoms with Crippen LogP contribution in [-0.2, 0) is 14.1 Å². The summed E-state index contributed by atoms with van der Waals surface area (Å²) in [5.74, 6) is -1.69. The Labute approximate surface area is 300 Å². The molecular weight excluding hydrogens is 770 g/mol. The summed E-state index contributed by atoms with van der Waals surface area (Å²) in [6, 6.07) is 18.7. The molecule has 0 radical (unpaired) electrons. The van der Waals surface area contributed by atoms with Crippen molar-refractivity contribution in [1.82, 2.24) is 49.1 Å². The lowest BCUT2D eigenvalue weighted by Crippen LogP contribution is -2.12. The molecule has 0 atom stereocenters. The minimum atomic E-state index is -1.09. The number of carboxylic acid groups (broad SMARTS) is 1. The summed E-state index contributed by atoms with van der Waals surface area (Å²) < 4.78 is 8.32. The van der Waals surface area contributed by atoms with Gasteiger partial charge in [0.2, 0.25) is 0 Å². The second-order valence-electron chi connectivity index (χ2n) is 11.1. The van der Waals surface area contributed by atoms with Gasteiger partial charge in [0.15, 0.2) is 22.7 Å². The molecule has 6 aromatic heterocycles. The third-order valence-electron chi connectivity index (χ3n) is 7.66. The Hall–Kier alpha value is -6.00. The number of aromatic nitrogens is 10. The fourth-order valence-electron chi connectivity index (χ4n) is 5.38. The number of hydrogen-bond acceptors (Lipinski definition) is 8. The molecule has 0 fully saturated rings. The summed E-state index contributed by atoms with van der Waals surface area (Å²) in [5, 5.41) is 27.6. The highest BCUT2D eigenvalue weighted by molar-refractivity contribution is 9.10. The van der Waals surface area contributed by atoms with E-state index in [1.807, 2.05) is 81.1 Å². The van der Waals surface area contributed by atoms with Crippen LogP contribution in [0.1, 0.15) is 21.0 Å². The first-order chi connectivity index (χ1) is 24.0. The van der Waals surface area contributed by atoms with Crippen molar-refractivity contribution in [2.45, 2.75) is 0 Å². The van der Waals surface area contributed by atoms with E-state index in [-0.39, 0.29) is 11.4 Å². The van der Waals surface area contributed by atoms with Crippen LogP contribution in [-0.4, -0.2) is 66.1 Å².